The summed E-state index contributed by atoms with van der Waals surface area (Å²) in [5.41, 5.74) is 1.06. The van der Waals surface area contributed by atoms with Crippen molar-refractivity contribution in [1.29, 1.82) is 0 Å². The summed E-state index contributed by atoms with van der Waals surface area (Å²) < 4.78 is 4.89. The number of hydrogen-bond donors (Lipinski definition) is 2. The van der Waals surface area contributed by atoms with Crippen molar-refractivity contribution in [2.45, 2.75) is 26.0 Å². The van der Waals surface area contributed by atoms with Gasteiger partial charge in [0.05, 0.1) is 12.7 Å². The molecule has 6 nitrogen and oxygen atoms in total. The van der Waals surface area contributed by atoms with Gasteiger partial charge >= 0.3 is 0 Å². The molecule has 0 aromatic carbocycles. The van der Waals surface area contributed by atoms with Crippen molar-refractivity contribution >= 4 is 5.95 Å². The van der Waals surface area contributed by atoms with Crippen molar-refractivity contribution in [3.8, 4) is 0 Å². The van der Waals surface area contributed by atoms with E-state index >= 15 is 0 Å². The Labute approximate surface area is 114 Å². The highest BCUT2D eigenvalue weighted by atomic mass is 16.5. The molecule has 0 saturated carbocycles. The molecule has 1 atom stereocenters. The van der Waals surface area contributed by atoms with Crippen LogP contribution in [-0.2, 0) is 11.3 Å². The van der Waals surface area contributed by atoms with Crippen LogP contribution in [0.1, 0.15) is 18.9 Å². The number of anilines is 1. The number of aliphatic hydroxyl groups excluding tert-OH is 1. The second kappa shape index (κ2) is 8.79. The zero-order chi connectivity index (χ0) is 14.1. The number of ether oxygens (including phenoxy) is 1. The molecule has 1 heterocycles. The molecule has 0 radical (unpaired) electrons. The minimum atomic E-state index is -0.538. The second-order valence-corrected chi connectivity index (χ2v) is 4.56. The van der Waals surface area contributed by atoms with E-state index in [-0.39, 0.29) is 0 Å². The van der Waals surface area contributed by atoms with E-state index in [0.29, 0.717) is 19.1 Å². The summed E-state index contributed by atoms with van der Waals surface area (Å²) in [6.07, 6.45) is 4.19. The molecule has 1 aromatic rings. The minimum absolute atomic E-state index is 0.309. The Hall–Kier alpha value is -1.24. The van der Waals surface area contributed by atoms with Gasteiger partial charge in [-0.25, -0.2) is 9.97 Å². The molecule has 0 aliphatic carbocycles. The predicted molar refractivity (Wildman–Crippen MR) is 75.2 cm³/mol. The van der Waals surface area contributed by atoms with E-state index in [1.165, 1.54) is 0 Å². The van der Waals surface area contributed by atoms with Crippen molar-refractivity contribution in [3.63, 3.8) is 0 Å². The lowest BCUT2D eigenvalue weighted by atomic mass is 10.3. The van der Waals surface area contributed by atoms with Crippen LogP contribution < -0.4 is 10.2 Å². The third kappa shape index (κ3) is 5.96. The van der Waals surface area contributed by atoms with E-state index in [4.69, 9.17) is 4.74 Å². The average Bonchev–Trinajstić information content (AvgIpc) is 2.40. The van der Waals surface area contributed by atoms with Gasteiger partial charge in [0.15, 0.2) is 0 Å². The van der Waals surface area contributed by atoms with Crippen molar-refractivity contribution < 1.29 is 9.84 Å². The molecule has 19 heavy (non-hydrogen) atoms. The normalized spacial score (nSPS) is 12.4. The first-order chi connectivity index (χ1) is 9.17. The van der Waals surface area contributed by atoms with E-state index in [1.807, 2.05) is 24.3 Å². The topological polar surface area (TPSA) is 70.5 Å². The fraction of sp³-hybridized carbons (Fsp3) is 0.692. The van der Waals surface area contributed by atoms with Gasteiger partial charge in [-0.15, -0.1) is 0 Å². The Morgan fingerprint density at radius 2 is 2.11 bits per heavy atom. The lowest BCUT2D eigenvalue weighted by molar-refractivity contribution is 0.0693. The lowest BCUT2D eigenvalue weighted by Crippen LogP contribution is -2.32. The third-order valence-corrected chi connectivity index (χ3v) is 2.63. The van der Waals surface area contributed by atoms with Gasteiger partial charge in [0.1, 0.15) is 0 Å². The Bertz CT molecular complexity index is 345. The van der Waals surface area contributed by atoms with E-state index in [9.17, 15) is 5.11 Å². The summed E-state index contributed by atoms with van der Waals surface area (Å²) >= 11 is 0. The van der Waals surface area contributed by atoms with Crippen LogP contribution in [0.4, 0.5) is 5.95 Å². The van der Waals surface area contributed by atoms with Gasteiger partial charge in [-0.2, -0.15) is 0 Å². The molecule has 1 rings (SSSR count). The molecule has 1 aromatic heterocycles. The van der Waals surface area contributed by atoms with Crippen LogP contribution in [0, 0.1) is 0 Å². The molecule has 2 N–H and O–H groups in total. The molecule has 6 heteroatoms. The van der Waals surface area contributed by atoms with Gasteiger partial charge in [0.25, 0.3) is 0 Å². The number of rotatable bonds is 9. The van der Waals surface area contributed by atoms with Gasteiger partial charge in [0, 0.05) is 45.2 Å². The highest BCUT2D eigenvalue weighted by Crippen LogP contribution is 2.06. The summed E-state index contributed by atoms with van der Waals surface area (Å²) in [5, 5.41) is 12.9. The summed E-state index contributed by atoms with van der Waals surface area (Å²) in [5.74, 6) is 0.606. The lowest BCUT2D eigenvalue weighted by Gasteiger charge is -2.20. The van der Waals surface area contributed by atoms with E-state index < -0.39 is 6.10 Å². The van der Waals surface area contributed by atoms with Crippen LogP contribution in [0.25, 0.3) is 0 Å². The summed E-state index contributed by atoms with van der Waals surface area (Å²) in [4.78, 5) is 10.4. The van der Waals surface area contributed by atoms with E-state index in [1.54, 1.807) is 7.11 Å². The maximum absolute atomic E-state index is 9.65. The largest absolute Gasteiger partial charge is 0.389 e. The number of nitrogens with zero attached hydrogens (tertiary/aromatic N) is 3. The van der Waals surface area contributed by atoms with Crippen LogP contribution in [0.15, 0.2) is 12.4 Å². The first-order valence-electron chi connectivity index (χ1n) is 6.57. The summed E-state index contributed by atoms with van der Waals surface area (Å²) in [6.45, 7) is 4.66. The number of methoxy groups -OCH3 is 1. The van der Waals surface area contributed by atoms with Crippen LogP contribution in [0.5, 0.6) is 0 Å². The molecule has 0 aliphatic rings. The molecule has 0 aliphatic heterocycles. The number of hydrogen-bond acceptors (Lipinski definition) is 6. The molecule has 108 valence electrons. The maximum atomic E-state index is 9.65. The molecule has 0 fully saturated rings. The number of aromatic nitrogens is 2. The van der Waals surface area contributed by atoms with E-state index in [0.717, 1.165) is 25.1 Å². The van der Waals surface area contributed by atoms with Gasteiger partial charge in [-0.1, -0.05) is 6.92 Å². The van der Waals surface area contributed by atoms with Crippen LogP contribution in [-0.4, -0.2) is 55.0 Å². The molecule has 0 saturated heterocycles. The average molecular weight is 268 g/mol. The summed E-state index contributed by atoms with van der Waals surface area (Å²) in [7, 11) is 3.42. The highest BCUT2D eigenvalue weighted by Gasteiger charge is 2.10. The van der Waals surface area contributed by atoms with Crippen molar-refractivity contribution in [2.24, 2.45) is 0 Å². The van der Waals surface area contributed by atoms with Crippen molar-refractivity contribution in [3.05, 3.63) is 18.0 Å². The molecule has 0 spiro atoms. The van der Waals surface area contributed by atoms with E-state index in [2.05, 4.69) is 22.2 Å². The Kier molecular flexibility index (Phi) is 7.32. The molecular formula is C13H24N4O2. The number of aliphatic hydroxyl groups is 1. The second-order valence-electron chi connectivity index (χ2n) is 4.56. The van der Waals surface area contributed by atoms with Gasteiger partial charge in [-0.05, 0) is 13.0 Å². The maximum Gasteiger partial charge on any atom is 0.225 e. The third-order valence-electron chi connectivity index (χ3n) is 2.63. The first kappa shape index (κ1) is 15.8. The summed E-state index contributed by atoms with van der Waals surface area (Å²) in [6, 6.07) is 0. The molecule has 0 bridgehead atoms. The van der Waals surface area contributed by atoms with Crippen LogP contribution in [0.3, 0.4) is 0 Å². The smallest absolute Gasteiger partial charge is 0.225 e. The van der Waals surface area contributed by atoms with Crippen molar-refractivity contribution in [2.75, 3.05) is 38.8 Å². The van der Waals surface area contributed by atoms with Crippen LogP contribution in [0.2, 0.25) is 0 Å². The first-order valence-corrected chi connectivity index (χ1v) is 6.57. The van der Waals surface area contributed by atoms with Gasteiger partial charge in [-0.3, -0.25) is 0 Å². The highest BCUT2D eigenvalue weighted by molar-refractivity contribution is 5.28. The fourth-order valence-electron chi connectivity index (χ4n) is 1.69. The van der Waals surface area contributed by atoms with Gasteiger partial charge in [0.2, 0.25) is 5.95 Å². The quantitative estimate of drug-likeness (QED) is 0.633. The molecule has 0 amide bonds. The Morgan fingerprint density at radius 1 is 1.42 bits per heavy atom. The standard InChI is InChI=1S/C13H24N4O2/c1-4-5-14-6-11-7-15-13(16-8-11)17(2)9-12(18)10-19-3/h7-8,12,14,18H,4-6,9-10H2,1-3H3. The zero-order valence-electron chi connectivity index (χ0n) is 12.0. The number of nitrogens with one attached hydrogen (secondary N) is 1. The van der Waals surface area contributed by atoms with Crippen LogP contribution >= 0.6 is 0 Å². The van der Waals surface area contributed by atoms with Crippen molar-refractivity contribution in [1.82, 2.24) is 15.3 Å². The minimum Gasteiger partial charge on any atom is -0.389 e. The Balaban J connectivity index is 2.45. The predicted octanol–water partition coefficient (Wildman–Crippen LogP) is 0.420. The number of likely N-dealkylation sites (N-methyl/N-ethyl adjacent to an activating group) is 1. The zero-order valence-corrected chi connectivity index (χ0v) is 12.0. The molecular weight excluding hydrogens is 244 g/mol. The Morgan fingerprint density at radius 3 is 2.68 bits per heavy atom. The fourth-order valence-corrected chi connectivity index (χ4v) is 1.69. The van der Waals surface area contributed by atoms with Gasteiger partial charge < -0.3 is 20.1 Å². The SMILES string of the molecule is CCCNCc1cnc(N(C)CC(O)COC)nc1. The molecule has 1 unspecified atom stereocenters. The monoisotopic (exact) mass is 268 g/mol.